The van der Waals surface area contributed by atoms with E-state index in [9.17, 15) is 9.59 Å². The summed E-state index contributed by atoms with van der Waals surface area (Å²) in [6, 6.07) is 6.50. The maximum atomic E-state index is 11.3. The van der Waals surface area contributed by atoms with E-state index in [1.165, 1.54) is 14.2 Å². The second-order valence-electron chi connectivity index (χ2n) is 2.85. The van der Waals surface area contributed by atoms with Crippen molar-refractivity contribution >= 4 is 11.9 Å². The molecule has 0 atom stereocenters. The summed E-state index contributed by atoms with van der Waals surface area (Å²) in [5.74, 6) is -0.736. The van der Waals surface area contributed by atoms with Crippen LogP contribution in [0.3, 0.4) is 0 Å². The molecule has 0 aliphatic carbocycles. The summed E-state index contributed by atoms with van der Waals surface area (Å²) in [6.45, 7) is -0.246. The minimum Gasteiger partial charge on any atom is -0.481 e. The summed E-state index contributed by atoms with van der Waals surface area (Å²) in [5.41, 5.74) is 0.272. The monoisotopic (exact) mass is 224 g/mol. The number of esters is 2. The summed E-state index contributed by atoms with van der Waals surface area (Å²) in [5, 5.41) is 0. The Balaban J connectivity index is 2.79. The second-order valence-corrected chi connectivity index (χ2v) is 2.85. The number of hydrogen-bond acceptors (Lipinski definition) is 5. The van der Waals surface area contributed by atoms with E-state index in [1.807, 2.05) is 0 Å². The third-order valence-electron chi connectivity index (χ3n) is 1.87. The van der Waals surface area contributed by atoms with Gasteiger partial charge in [-0.1, -0.05) is 12.1 Å². The van der Waals surface area contributed by atoms with Crippen molar-refractivity contribution in [3.8, 4) is 5.75 Å². The topological polar surface area (TPSA) is 61.8 Å². The lowest BCUT2D eigenvalue weighted by molar-refractivity contribution is -0.142. The zero-order chi connectivity index (χ0) is 12.0. The maximum absolute atomic E-state index is 11.3. The average Bonchev–Trinajstić information content (AvgIpc) is 2.35. The average molecular weight is 224 g/mol. The molecule has 0 aliphatic heterocycles. The molecule has 0 saturated carbocycles. The van der Waals surface area contributed by atoms with E-state index in [-0.39, 0.29) is 12.2 Å². The van der Waals surface area contributed by atoms with E-state index in [1.54, 1.807) is 24.3 Å². The largest absolute Gasteiger partial charge is 0.481 e. The van der Waals surface area contributed by atoms with Gasteiger partial charge >= 0.3 is 11.9 Å². The molecule has 86 valence electrons. The van der Waals surface area contributed by atoms with E-state index in [4.69, 9.17) is 4.74 Å². The van der Waals surface area contributed by atoms with Crippen LogP contribution in [0.15, 0.2) is 24.3 Å². The van der Waals surface area contributed by atoms with Crippen molar-refractivity contribution in [1.29, 1.82) is 0 Å². The predicted molar refractivity (Wildman–Crippen MR) is 55.3 cm³/mol. The van der Waals surface area contributed by atoms with Gasteiger partial charge in [0.1, 0.15) is 11.3 Å². The highest BCUT2D eigenvalue weighted by atomic mass is 16.6. The van der Waals surface area contributed by atoms with Gasteiger partial charge in [-0.3, -0.25) is 0 Å². The minimum absolute atomic E-state index is 0.246. The second kappa shape index (κ2) is 5.75. The van der Waals surface area contributed by atoms with Crippen LogP contribution in [0.5, 0.6) is 5.75 Å². The van der Waals surface area contributed by atoms with Gasteiger partial charge in [0.05, 0.1) is 14.2 Å². The van der Waals surface area contributed by atoms with Gasteiger partial charge in [-0.25, -0.2) is 9.59 Å². The number of carbonyl (C=O) groups excluding carboxylic acids is 2. The van der Waals surface area contributed by atoms with Crippen molar-refractivity contribution in [1.82, 2.24) is 0 Å². The fourth-order valence-corrected chi connectivity index (χ4v) is 1.07. The predicted octanol–water partition coefficient (Wildman–Crippen LogP) is 1.02. The van der Waals surface area contributed by atoms with E-state index in [0.717, 1.165) is 0 Å². The van der Waals surface area contributed by atoms with E-state index >= 15 is 0 Å². The third kappa shape index (κ3) is 2.98. The normalized spacial score (nSPS) is 9.38. The van der Waals surface area contributed by atoms with Gasteiger partial charge in [-0.05, 0) is 12.1 Å². The molecule has 0 radical (unpaired) electrons. The molecular formula is C11H12O5. The maximum Gasteiger partial charge on any atom is 0.343 e. The smallest absolute Gasteiger partial charge is 0.343 e. The fourth-order valence-electron chi connectivity index (χ4n) is 1.07. The van der Waals surface area contributed by atoms with Gasteiger partial charge in [0.15, 0.2) is 6.61 Å². The van der Waals surface area contributed by atoms with Crippen LogP contribution in [0.4, 0.5) is 0 Å². The molecule has 0 N–H and O–H groups in total. The number of benzene rings is 1. The molecule has 0 amide bonds. The first-order valence-corrected chi connectivity index (χ1v) is 4.56. The lowest BCUT2D eigenvalue weighted by Gasteiger charge is -2.08. The summed E-state index contributed by atoms with van der Waals surface area (Å²) in [7, 11) is 2.54. The molecular weight excluding hydrogens is 212 g/mol. The van der Waals surface area contributed by atoms with Crippen LogP contribution >= 0.6 is 0 Å². The van der Waals surface area contributed by atoms with Crippen molar-refractivity contribution < 1.29 is 23.8 Å². The Labute approximate surface area is 92.9 Å². The molecule has 5 heteroatoms. The molecule has 0 heterocycles. The Morgan fingerprint density at radius 2 is 1.81 bits per heavy atom. The van der Waals surface area contributed by atoms with Crippen molar-refractivity contribution in [2.75, 3.05) is 20.8 Å². The van der Waals surface area contributed by atoms with Crippen molar-refractivity contribution in [3.63, 3.8) is 0 Å². The summed E-state index contributed by atoms with van der Waals surface area (Å²) in [6.07, 6.45) is 0. The molecule has 0 spiro atoms. The van der Waals surface area contributed by atoms with Crippen LogP contribution in [0, 0.1) is 0 Å². The molecule has 16 heavy (non-hydrogen) atoms. The van der Waals surface area contributed by atoms with Gasteiger partial charge in [0.25, 0.3) is 0 Å². The Hall–Kier alpha value is -2.04. The minimum atomic E-state index is -0.514. The highest BCUT2D eigenvalue weighted by Gasteiger charge is 2.13. The van der Waals surface area contributed by atoms with E-state index < -0.39 is 11.9 Å². The van der Waals surface area contributed by atoms with Crippen molar-refractivity contribution in [2.24, 2.45) is 0 Å². The molecule has 1 aromatic carbocycles. The first-order chi connectivity index (χ1) is 7.69. The highest BCUT2D eigenvalue weighted by molar-refractivity contribution is 5.92. The molecule has 0 unspecified atom stereocenters. The quantitative estimate of drug-likeness (QED) is 0.714. The summed E-state index contributed by atoms with van der Waals surface area (Å²) >= 11 is 0. The number of para-hydroxylation sites is 1. The van der Waals surface area contributed by atoms with E-state index in [2.05, 4.69) is 9.47 Å². The Kier molecular flexibility index (Phi) is 4.32. The van der Waals surface area contributed by atoms with Gasteiger partial charge in [-0.15, -0.1) is 0 Å². The molecule has 0 fully saturated rings. The third-order valence-corrected chi connectivity index (χ3v) is 1.87. The number of hydrogen-bond donors (Lipinski definition) is 0. The van der Waals surface area contributed by atoms with Crippen molar-refractivity contribution in [3.05, 3.63) is 29.8 Å². The van der Waals surface area contributed by atoms with Crippen LogP contribution in [0.25, 0.3) is 0 Å². The van der Waals surface area contributed by atoms with Crippen LogP contribution in [0.2, 0.25) is 0 Å². The van der Waals surface area contributed by atoms with Crippen LogP contribution in [-0.4, -0.2) is 32.8 Å². The lowest BCUT2D eigenvalue weighted by atomic mass is 10.2. The standard InChI is InChI=1S/C11H12O5/c1-14-10(12)7-16-9-6-4-3-5-8(9)11(13)15-2/h3-6H,7H2,1-2H3. The first kappa shape index (κ1) is 12.0. The number of ether oxygens (including phenoxy) is 3. The van der Waals surface area contributed by atoms with Gasteiger partial charge in [-0.2, -0.15) is 0 Å². The highest BCUT2D eigenvalue weighted by Crippen LogP contribution is 2.18. The zero-order valence-electron chi connectivity index (χ0n) is 9.06. The molecule has 1 aromatic rings. The molecule has 0 aliphatic rings. The van der Waals surface area contributed by atoms with E-state index in [0.29, 0.717) is 5.75 Å². The van der Waals surface area contributed by atoms with Gasteiger partial charge in [0, 0.05) is 0 Å². The number of rotatable bonds is 4. The van der Waals surface area contributed by atoms with Gasteiger partial charge < -0.3 is 14.2 Å². The molecule has 0 saturated heterocycles. The first-order valence-electron chi connectivity index (χ1n) is 4.56. The molecule has 0 aromatic heterocycles. The fraction of sp³-hybridized carbons (Fsp3) is 0.273. The summed E-state index contributed by atoms with van der Waals surface area (Å²) < 4.78 is 14.1. The Morgan fingerprint density at radius 1 is 1.12 bits per heavy atom. The molecule has 5 nitrogen and oxygen atoms in total. The van der Waals surface area contributed by atoms with Gasteiger partial charge in [0.2, 0.25) is 0 Å². The number of carbonyl (C=O) groups is 2. The zero-order valence-corrected chi connectivity index (χ0v) is 9.06. The summed E-state index contributed by atoms with van der Waals surface area (Å²) in [4.78, 5) is 22.2. The van der Waals surface area contributed by atoms with Crippen LogP contribution in [-0.2, 0) is 14.3 Å². The Bertz CT molecular complexity index is 386. The van der Waals surface area contributed by atoms with Crippen LogP contribution in [0.1, 0.15) is 10.4 Å². The molecule has 1 rings (SSSR count). The number of methoxy groups -OCH3 is 2. The lowest BCUT2D eigenvalue weighted by Crippen LogP contribution is -2.14. The van der Waals surface area contributed by atoms with Crippen molar-refractivity contribution in [2.45, 2.75) is 0 Å². The Morgan fingerprint density at radius 3 is 2.44 bits per heavy atom. The van der Waals surface area contributed by atoms with Crippen LogP contribution < -0.4 is 4.74 Å². The molecule has 0 bridgehead atoms. The SMILES string of the molecule is COC(=O)COc1ccccc1C(=O)OC.